The Labute approximate surface area is 463 Å². The van der Waals surface area contributed by atoms with Crippen molar-refractivity contribution in [1.82, 2.24) is 0 Å². The molecule has 1 saturated carbocycles. The van der Waals surface area contributed by atoms with Gasteiger partial charge in [0.15, 0.2) is 0 Å². The Hall–Kier alpha value is -8.92. The topological polar surface area (TPSA) is 20.2 Å². The molecule has 17 rings (SSSR count). The Morgan fingerprint density at radius 1 is 0.385 bits per heavy atom. The number of hydrogen-bond acceptors (Lipinski definition) is 1. The van der Waals surface area contributed by atoms with Crippen LogP contribution in [0.1, 0.15) is 95.3 Å². The highest BCUT2D eigenvalue weighted by atomic mass is 35.5. The predicted octanol–water partition coefficient (Wildman–Crippen LogP) is 16.6. The molecule has 362 valence electrons. The van der Waals surface area contributed by atoms with Gasteiger partial charge in [-0.2, -0.15) is 0 Å². The Kier molecular flexibility index (Phi) is 8.98. The van der Waals surface area contributed by atoms with Crippen molar-refractivity contribution < 1.29 is 5.11 Å². The minimum absolute atomic E-state index is 0.215. The molecule has 78 heavy (non-hydrogen) atoms. The van der Waals surface area contributed by atoms with Crippen LogP contribution in [0.5, 0.6) is 0 Å². The van der Waals surface area contributed by atoms with Gasteiger partial charge in [0.1, 0.15) is 5.60 Å². The lowest BCUT2D eigenvalue weighted by Gasteiger charge is -2.63. The molecule has 0 saturated heterocycles. The molecule has 9 aromatic carbocycles. The van der Waals surface area contributed by atoms with E-state index in [1.807, 2.05) is 42.5 Å². The van der Waals surface area contributed by atoms with Gasteiger partial charge in [-0.15, -0.1) is 0 Å². The Balaban J connectivity index is 1.13. The number of rotatable bonds is 2. The first-order valence-corrected chi connectivity index (χ1v) is 27.5. The highest BCUT2D eigenvalue weighted by molar-refractivity contribution is 6.55. The van der Waals surface area contributed by atoms with Crippen LogP contribution in [0.4, 0.5) is 0 Å². The van der Waals surface area contributed by atoms with Crippen molar-refractivity contribution in [1.29, 1.82) is 0 Å². The van der Waals surface area contributed by atoms with Gasteiger partial charge in [-0.3, -0.25) is 0 Å². The lowest BCUT2D eigenvalue weighted by molar-refractivity contribution is 0.0789. The van der Waals surface area contributed by atoms with Crippen LogP contribution in [0.2, 0.25) is 0 Å². The van der Waals surface area contributed by atoms with Gasteiger partial charge in [-0.05, 0) is 124 Å². The minimum atomic E-state index is -1.77. The summed E-state index contributed by atoms with van der Waals surface area (Å²) >= 11 is 16.2. The second-order valence-corrected chi connectivity index (χ2v) is 22.4. The number of aliphatic hydroxyl groups is 1. The van der Waals surface area contributed by atoms with Gasteiger partial charge in [0.2, 0.25) is 0 Å². The second-order valence-electron chi connectivity index (χ2n) is 21.6. The molecular formula is C75H42Cl2O. The largest absolute Gasteiger partial charge is 0.377 e. The van der Waals surface area contributed by atoms with Gasteiger partial charge in [0.05, 0.1) is 20.9 Å². The summed E-state index contributed by atoms with van der Waals surface area (Å²) in [5, 5.41) is 17.5. The van der Waals surface area contributed by atoms with E-state index in [2.05, 4.69) is 218 Å². The van der Waals surface area contributed by atoms with Gasteiger partial charge in [0, 0.05) is 50.8 Å². The average molecular weight is 1030 g/mol. The molecule has 5 atom stereocenters. The first-order valence-electron chi connectivity index (χ1n) is 26.8. The van der Waals surface area contributed by atoms with Crippen LogP contribution < -0.4 is 0 Å². The summed E-state index contributed by atoms with van der Waals surface area (Å²) < 4.78 is 0. The van der Waals surface area contributed by atoms with E-state index < -0.39 is 16.4 Å². The molecule has 3 heteroatoms. The van der Waals surface area contributed by atoms with Gasteiger partial charge in [-0.1, -0.05) is 259 Å². The smallest absolute Gasteiger partial charge is 0.138 e. The van der Waals surface area contributed by atoms with Gasteiger partial charge in [-0.25, -0.2) is 0 Å². The molecule has 9 aromatic rings. The summed E-state index contributed by atoms with van der Waals surface area (Å²) in [6.45, 7) is 0. The molecule has 0 bridgehead atoms. The van der Waals surface area contributed by atoms with E-state index in [9.17, 15) is 0 Å². The average Bonchev–Trinajstić information content (AvgIpc) is 1.89. The third-order valence-electron chi connectivity index (χ3n) is 18.3. The normalized spacial score (nSPS) is 23.5. The molecule has 0 amide bonds. The molecular weight excluding hydrogens is 988 g/mol. The highest BCUT2D eigenvalue weighted by Gasteiger charge is 2.79. The van der Waals surface area contributed by atoms with Gasteiger partial charge >= 0.3 is 0 Å². The van der Waals surface area contributed by atoms with Gasteiger partial charge in [0.25, 0.3) is 0 Å². The van der Waals surface area contributed by atoms with Crippen LogP contribution in [0.3, 0.4) is 0 Å². The van der Waals surface area contributed by atoms with Gasteiger partial charge < -0.3 is 5.11 Å². The standard InChI is InChI=1S/C75H42Cl2O/c76-68-52-33-14-12-31-50(52)60-64(68)62-55-35-17-20-38-58(55)74-67(48-28-8-3-9-29-48)61-51-32-13-15-34-53(51)69(77)65(61)63-56-36-18-21-39-59(56)75(78,72(63)74)70-54(43-42-46-25-11-10-24-45(46)41-40-44-22-4-1-5-23-44)49-30-16-19-37-57(49)73(70,71(62)74)66(60)47-26-6-2-7-27-47/h1-39,61,67,78H/t61?,67?,73-,74+,75+/m1/s1. The molecule has 0 radical (unpaired) electrons. The summed E-state index contributed by atoms with van der Waals surface area (Å²) in [4.78, 5) is 0. The van der Waals surface area contributed by atoms with Crippen molar-refractivity contribution in [3.63, 3.8) is 0 Å². The van der Waals surface area contributed by atoms with Crippen molar-refractivity contribution >= 4 is 61.1 Å². The number of hydrogen-bond donors (Lipinski definition) is 1. The summed E-state index contributed by atoms with van der Waals surface area (Å²) in [6.07, 6.45) is 0. The second kappa shape index (κ2) is 15.8. The fourth-order valence-corrected chi connectivity index (χ4v) is 16.7. The molecule has 1 N–H and O–H groups in total. The van der Waals surface area contributed by atoms with Crippen LogP contribution in [0.25, 0.3) is 37.9 Å². The first kappa shape index (κ1) is 44.2. The number of halogens is 2. The van der Waals surface area contributed by atoms with Crippen LogP contribution in [0.15, 0.2) is 264 Å². The van der Waals surface area contributed by atoms with Crippen molar-refractivity contribution in [2.75, 3.05) is 0 Å². The van der Waals surface area contributed by atoms with Crippen LogP contribution in [-0.2, 0) is 16.4 Å². The molecule has 1 fully saturated rings. The SMILES string of the molecule is O[C@@]12C3=C(C#Cc4ccccc4C#Cc4ccccc4)c4ccccc4[C@@]34C(c3ccccc3)=C3C(=C(Cl)c5ccccc53)C3=C4[C@]4(C1=C(C1=C(Cl)c5ccccc5C1C4c1ccccc1)c1ccccc12)c1ccccc13. The number of benzene rings is 9. The molecule has 8 aliphatic rings. The zero-order valence-electron chi connectivity index (χ0n) is 41.9. The lowest BCUT2D eigenvalue weighted by Crippen LogP contribution is -2.60. The van der Waals surface area contributed by atoms with Crippen molar-refractivity contribution in [3.8, 4) is 23.7 Å². The van der Waals surface area contributed by atoms with Crippen LogP contribution in [-0.4, -0.2) is 5.11 Å². The monoisotopic (exact) mass is 1030 g/mol. The minimum Gasteiger partial charge on any atom is -0.377 e. The Morgan fingerprint density at radius 2 is 0.923 bits per heavy atom. The van der Waals surface area contributed by atoms with Crippen LogP contribution in [0, 0.1) is 23.7 Å². The number of fused-ring (bicyclic) bond motifs is 15. The Bertz CT molecular complexity index is 4600. The van der Waals surface area contributed by atoms with E-state index in [-0.39, 0.29) is 11.8 Å². The fourth-order valence-electron chi connectivity index (χ4n) is 16.0. The van der Waals surface area contributed by atoms with E-state index >= 15 is 5.11 Å². The van der Waals surface area contributed by atoms with E-state index in [4.69, 9.17) is 23.2 Å². The number of allylic oxidation sites excluding steroid dienone is 8. The molecule has 1 nitrogen and oxygen atoms in total. The van der Waals surface area contributed by atoms with Crippen molar-refractivity contribution in [2.45, 2.75) is 28.3 Å². The zero-order valence-corrected chi connectivity index (χ0v) is 43.4. The van der Waals surface area contributed by atoms with E-state index in [0.717, 1.165) is 133 Å². The van der Waals surface area contributed by atoms with Crippen molar-refractivity contribution in [3.05, 3.63) is 348 Å². The lowest BCUT2D eigenvalue weighted by atomic mass is 9.38. The third-order valence-corrected chi connectivity index (χ3v) is 19.1. The highest BCUT2D eigenvalue weighted by Crippen LogP contribution is 2.86. The van der Waals surface area contributed by atoms with E-state index in [1.54, 1.807) is 0 Å². The van der Waals surface area contributed by atoms with E-state index in [0.29, 0.717) is 0 Å². The predicted molar refractivity (Wildman–Crippen MR) is 317 cm³/mol. The maximum atomic E-state index is 16.0. The quantitative estimate of drug-likeness (QED) is 0.171. The summed E-state index contributed by atoms with van der Waals surface area (Å²) in [5.41, 5.74) is 21.5. The first-order chi connectivity index (χ1) is 38.5. The van der Waals surface area contributed by atoms with Crippen LogP contribution >= 0.6 is 23.2 Å². The maximum absolute atomic E-state index is 16.0. The van der Waals surface area contributed by atoms with E-state index in [1.165, 1.54) is 16.7 Å². The fraction of sp³-hybridized carbons (Fsp3) is 0.0667. The molecule has 0 aromatic heterocycles. The van der Waals surface area contributed by atoms with Crippen molar-refractivity contribution in [2.24, 2.45) is 0 Å². The molecule has 0 aliphatic heterocycles. The zero-order chi connectivity index (χ0) is 51.6. The summed E-state index contributed by atoms with van der Waals surface area (Å²) in [6, 6.07) is 84.3. The summed E-state index contributed by atoms with van der Waals surface area (Å²) in [5.74, 6) is 14.1. The summed E-state index contributed by atoms with van der Waals surface area (Å²) in [7, 11) is 0. The molecule has 2 spiro atoms. The molecule has 8 aliphatic carbocycles. The Morgan fingerprint density at radius 3 is 1.64 bits per heavy atom. The maximum Gasteiger partial charge on any atom is 0.138 e. The molecule has 2 unspecified atom stereocenters. The third kappa shape index (κ3) is 5.21. The molecule has 0 heterocycles.